The summed E-state index contributed by atoms with van der Waals surface area (Å²) in [6.45, 7) is 0.467. The SMILES string of the molecule is COCCNC(=O)c1ccccc1NCC(=O)NC(=O)Nc1ccccc1F. The minimum Gasteiger partial charge on any atom is -0.383 e. The van der Waals surface area contributed by atoms with Crippen molar-refractivity contribution in [2.45, 2.75) is 0 Å². The van der Waals surface area contributed by atoms with E-state index in [2.05, 4.69) is 21.3 Å². The van der Waals surface area contributed by atoms with Crippen LogP contribution in [0.3, 0.4) is 0 Å². The van der Waals surface area contributed by atoms with Gasteiger partial charge in [-0.05, 0) is 24.3 Å². The van der Waals surface area contributed by atoms with Crippen LogP contribution >= 0.6 is 0 Å². The highest BCUT2D eigenvalue weighted by molar-refractivity contribution is 6.03. The molecule has 4 N–H and O–H groups in total. The standard InChI is InChI=1S/C19H21FN4O4/c1-28-11-10-21-18(26)13-6-2-4-8-15(13)22-12-17(25)24-19(27)23-16-9-5-3-7-14(16)20/h2-9,22H,10-12H2,1H3,(H,21,26)(H2,23,24,25,27). The molecule has 4 amide bonds. The fourth-order valence-corrected chi connectivity index (χ4v) is 2.26. The molecule has 8 nitrogen and oxygen atoms in total. The number of anilines is 2. The molecular weight excluding hydrogens is 367 g/mol. The molecule has 0 atom stereocenters. The Morgan fingerprint density at radius 2 is 1.68 bits per heavy atom. The Bertz CT molecular complexity index is 844. The Balaban J connectivity index is 1.88. The van der Waals surface area contributed by atoms with Gasteiger partial charge in [-0.25, -0.2) is 9.18 Å². The molecule has 0 aliphatic heterocycles. The van der Waals surface area contributed by atoms with Gasteiger partial charge in [-0.3, -0.25) is 14.9 Å². The molecule has 9 heteroatoms. The first-order valence-corrected chi connectivity index (χ1v) is 8.46. The number of carbonyl (C=O) groups is 3. The second-order valence-corrected chi connectivity index (χ2v) is 5.63. The molecule has 0 aromatic heterocycles. The normalized spacial score (nSPS) is 10.1. The van der Waals surface area contributed by atoms with Crippen LogP contribution in [0.4, 0.5) is 20.6 Å². The molecule has 148 valence electrons. The van der Waals surface area contributed by atoms with Crippen molar-refractivity contribution in [1.29, 1.82) is 0 Å². The van der Waals surface area contributed by atoms with Gasteiger partial charge in [-0.1, -0.05) is 24.3 Å². The van der Waals surface area contributed by atoms with Gasteiger partial charge < -0.3 is 20.7 Å². The van der Waals surface area contributed by atoms with Gasteiger partial charge in [0.05, 0.1) is 24.4 Å². The first-order valence-electron chi connectivity index (χ1n) is 8.46. The van der Waals surface area contributed by atoms with Crippen molar-refractivity contribution in [3.63, 3.8) is 0 Å². The number of para-hydroxylation sites is 2. The number of rotatable bonds is 8. The summed E-state index contributed by atoms with van der Waals surface area (Å²) in [5.74, 6) is -1.59. The van der Waals surface area contributed by atoms with E-state index in [-0.39, 0.29) is 18.1 Å². The number of amides is 4. The summed E-state index contributed by atoms with van der Waals surface area (Å²) >= 11 is 0. The lowest BCUT2D eigenvalue weighted by molar-refractivity contribution is -0.118. The van der Waals surface area contributed by atoms with E-state index < -0.39 is 17.8 Å². The summed E-state index contributed by atoms with van der Waals surface area (Å²) in [6, 6.07) is 11.4. The quantitative estimate of drug-likeness (QED) is 0.517. The van der Waals surface area contributed by atoms with Gasteiger partial charge in [0.15, 0.2) is 0 Å². The molecule has 0 spiro atoms. The zero-order chi connectivity index (χ0) is 20.4. The zero-order valence-electron chi connectivity index (χ0n) is 15.3. The molecule has 0 aliphatic rings. The third-order valence-electron chi connectivity index (χ3n) is 3.58. The molecule has 0 fully saturated rings. The summed E-state index contributed by atoms with van der Waals surface area (Å²) in [4.78, 5) is 35.9. The Morgan fingerprint density at radius 3 is 2.39 bits per heavy atom. The van der Waals surface area contributed by atoms with Crippen LogP contribution in [0.1, 0.15) is 10.4 Å². The summed E-state index contributed by atoms with van der Waals surface area (Å²) in [5, 5.41) is 9.82. The maximum absolute atomic E-state index is 13.5. The first-order chi connectivity index (χ1) is 13.5. The minimum atomic E-state index is -0.859. The third-order valence-corrected chi connectivity index (χ3v) is 3.58. The predicted octanol–water partition coefficient (Wildman–Crippen LogP) is 1.96. The molecule has 2 aromatic carbocycles. The van der Waals surface area contributed by atoms with Crippen molar-refractivity contribution < 1.29 is 23.5 Å². The number of carbonyl (C=O) groups excluding carboxylic acids is 3. The largest absolute Gasteiger partial charge is 0.383 e. The Morgan fingerprint density at radius 1 is 1.00 bits per heavy atom. The van der Waals surface area contributed by atoms with Crippen molar-refractivity contribution in [1.82, 2.24) is 10.6 Å². The van der Waals surface area contributed by atoms with E-state index in [1.807, 2.05) is 0 Å². The van der Waals surface area contributed by atoms with Crippen molar-refractivity contribution >= 4 is 29.2 Å². The van der Waals surface area contributed by atoms with Crippen molar-refractivity contribution in [2.75, 3.05) is 37.4 Å². The lowest BCUT2D eigenvalue weighted by Gasteiger charge is -2.12. The van der Waals surface area contributed by atoms with Crippen LogP contribution < -0.4 is 21.3 Å². The van der Waals surface area contributed by atoms with Crippen LogP contribution in [0.15, 0.2) is 48.5 Å². The molecule has 0 unspecified atom stereocenters. The fraction of sp³-hybridized carbons (Fsp3) is 0.211. The van der Waals surface area contributed by atoms with Gasteiger partial charge in [-0.15, -0.1) is 0 Å². The Hall–Kier alpha value is -3.46. The van der Waals surface area contributed by atoms with Crippen LogP contribution in [-0.4, -0.2) is 44.7 Å². The van der Waals surface area contributed by atoms with E-state index in [4.69, 9.17) is 4.74 Å². The average molecular weight is 388 g/mol. The summed E-state index contributed by atoms with van der Waals surface area (Å²) in [5.41, 5.74) is 0.739. The minimum absolute atomic E-state index is 0.0427. The zero-order valence-corrected chi connectivity index (χ0v) is 15.3. The maximum atomic E-state index is 13.5. The maximum Gasteiger partial charge on any atom is 0.326 e. The van der Waals surface area contributed by atoms with Crippen LogP contribution in [0, 0.1) is 5.82 Å². The summed E-state index contributed by atoms with van der Waals surface area (Å²) < 4.78 is 18.4. The van der Waals surface area contributed by atoms with Crippen LogP contribution in [0.25, 0.3) is 0 Å². The smallest absolute Gasteiger partial charge is 0.326 e. The second kappa shape index (κ2) is 10.6. The number of hydrogen-bond acceptors (Lipinski definition) is 5. The predicted molar refractivity (Wildman–Crippen MR) is 103 cm³/mol. The van der Waals surface area contributed by atoms with Crippen molar-refractivity contribution in [3.05, 3.63) is 59.9 Å². The molecule has 28 heavy (non-hydrogen) atoms. The van der Waals surface area contributed by atoms with Gasteiger partial charge in [0, 0.05) is 19.3 Å². The van der Waals surface area contributed by atoms with Gasteiger partial charge in [0.1, 0.15) is 5.82 Å². The molecule has 0 saturated heterocycles. The van der Waals surface area contributed by atoms with Gasteiger partial charge in [-0.2, -0.15) is 0 Å². The molecule has 0 radical (unpaired) electrons. The lowest BCUT2D eigenvalue weighted by Crippen LogP contribution is -2.38. The summed E-state index contributed by atoms with van der Waals surface area (Å²) in [6.07, 6.45) is 0. The van der Waals surface area contributed by atoms with Crippen LogP contribution in [0.5, 0.6) is 0 Å². The average Bonchev–Trinajstić information content (AvgIpc) is 2.68. The monoisotopic (exact) mass is 388 g/mol. The van der Waals surface area contributed by atoms with E-state index >= 15 is 0 Å². The highest BCUT2D eigenvalue weighted by atomic mass is 19.1. The molecule has 2 rings (SSSR count). The highest BCUT2D eigenvalue weighted by Gasteiger charge is 2.13. The topological polar surface area (TPSA) is 109 Å². The number of urea groups is 1. The van der Waals surface area contributed by atoms with Gasteiger partial charge in [0.25, 0.3) is 5.91 Å². The number of benzene rings is 2. The fourth-order valence-electron chi connectivity index (χ4n) is 2.26. The van der Waals surface area contributed by atoms with E-state index in [9.17, 15) is 18.8 Å². The lowest BCUT2D eigenvalue weighted by atomic mass is 10.1. The molecular formula is C19H21FN4O4. The Kier molecular flexibility index (Phi) is 7.92. The van der Waals surface area contributed by atoms with Gasteiger partial charge >= 0.3 is 6.03 Å². The number of methoxy groups -OCH3 is 1. The number of ether oxygens (including phenoxy) is 1. The van der Waals surface area contributed by atoms with E-state index in [0.29, 0.717) is 24.4 Å². The highest BCUT2D eigenvalue weighted by Crippen LogP contribution is 2.14. The van der Waals surface area contributed by atoms with E-state index in [0.717, 1.165) is 0 Å². The molecule has 2 aromatic rings. The molecule has 0 aliphatic carbocycles. The third kappa shape index (κ3) is 6.36. The Labute approximate surface area is 161 Å². The van der Waals surface area contributed by atoms with Crippen molar-refractivity contribution in [3.8, 4) is 0 Å². The first kappa shape index (κ1) is 20.8. The second-order valence-electron chi connectivity index (χ2n) is 5.63. The molecule has 0 saturated carbocycles. The molecule has 0 bridgehead atoms. The van der Waals surface area contributed by atoms with E-state index in [1.54, 1.807) is 30.3 Å². The van der Waals surface area contributed by atoms with Crippen molar-refractivity contribution in [2.24, 2.45) is 0 Å². The van der Waals surface area contributed by atoms with E-state index in [1.165, 1.54) is 25.3 Å². The van der Waals surface area contributed by atoms with Crippen LogP contribution in [-0.2, 0) is 9.53 Å². The van der Waals surface area contributed by atoms with Crippen LogP contribution in [0.2, 0.25) is 0 Å². The molecule has 0 heterocycles. The number of imide groups is 1. The number of hydrogen-bond donors (Lipinski definition) is 4. The number of nitrogens with one attached hydrogen (secondary N) is 4. The summed E-state index contributed by atoms with van der Waals surface area (Å²) in [7, 11) is 1.53. The van der Waals surface area contributed by atoms with Gasteiger partial charge in [0.2, 0.25) is 5.91 Å². The number of halogens is 1.